The van der Waals surface area contributed by atoms with Gasteiger partial charge in [0.05, 0.1) is 11.3 Å². The van der Waals surface area contributed by atoms with Gasteiger partial charge in [0.2, 0.25) is 0 Å². The number of hydroxylamine groups is 1. The number of aromatic nitrogens is 3. The Kier molecular flexibility index (Phi) is 9.26. The van der Waals surface area contributed by atoms with Crippen LogP contribution in [0, 0.1) is 17.2 Å². The molecule has 4 heterocycles. The van der Waals surface area contributed by atoms with Crippen LogP contribution >= 0.6 is 0 Å². The summed E-state index contributed by atoms with van der Waals surface area (Å²) in [5.41, 5.74) is 15.1. The quantitative estimate of drug-likeness (QED) is 0.162. The number of fused-ring (bicyclic) bond motifs is 1. The van der Waals surface area contributed by atoms with Crippen molar-refractivity contribution in [3.05, 3.63) is 84.2 Å². The second kappa shape index (κ2) is 13.6. The van der Waals surface area contributed by atoms with Gasteiger partial charge < -0.3 is 21.3 Å². The minimum Gasteiger partial charge on any atom is -0.383 e. The number of likely N-dealkylation sites (tertiary alicyclic amines) is 1. The first kappa shape index (κ1) is 29.9. The molecule has 0 spiro atoms. The predicted octanol–water partition coefficient (Wildman–Crippen LogP) is 5.68. The van der Waals surface area contributed by atoms with E-state index in [4.69, 9.17) is 26.3 Å². The molecule has 228 valence electrons. The van der Waals surface area contributed by atoms with Crippen molar-refractivity contribution in [2.24, 2.45) is 22.6 Å². The van der Waals surface area contributed by atoms with Crippen molar-refractivity contribution < 1.29 is 5.21 Å². The molecule has 0 atom stereocenters. The van der Waals surface area contributed by atoms with E-state index in [9.17, 15) is 0 Å². The first-order chi connectivity index (χ1) is 21.6. The second-order valence-electron chi connectivity index (χ2n) is 12.0. The van der Waals surface area contributed by atoms with Crippen LogP contribution in [0.3, 0.4) is 0 Å². The minimum absolute atomic E-state index is 0.514. The Labute approximate surface area is 259 Å². The Hall–Kier alpha value is -4.18. The van der Waals surface area contributed by atoms with E-state index in [-0.39, 0.29) is 0 Å². The first-order valence-corrected chi connectivity index (χ1v) is 15.7. The fraction of sp³-hybridized carbons (Fsp3) is 0.371. The zero-order chi connectivity index (χ0) is 30.5. The third-order valence-corrected chi connectivity index (χ3v) is 9.07. The Morgan fingerprint density at radius 2 is 1.70 bits per heavy atom. The number of nitrogens with zero attached hydrogens (tertiary/aromatic N) is 5. The van der Waals surface area contributed by atoms with Gasteiger partial charge in [-0.25, -0.2) is 15.4 Å². The highest BCUT2D eigenvalue weighted by molar-refractivity contribution is 6.22. The number of pyridine rings is 1. The third-order valence-electron chi connectivity index (χ3n) is 9.07. The van der Waals surface area contributed by atoms with Crippen LogP contribution in [0.2, 0.25) is 0 Å². The van der Waals surface area contributed by atoms with E-state index in [0.29, 0.717) is 24.2 Å². The predicted molar refractivity (Wildman–Crippen MR) is 178 cm³/mol. The monoisotopic (exact) mass is 590 g/mol. The summed E-state index contributed by atoms with van der Waals surface area (Å²) in [5.74, 6) is 3.21. The molecule has 1 saturated carbocycles. The summed E-state index contributed by atoms with van der Waals surface area (Å²) in [5, 5.41) is 14.9. The average molecular weight is 591 g/mol. The number of rotatable bonds is 7. The number of dihydropyridines is 1. The first-order valence-electron chi connectivity index (χ1n) is 15.7. The van der Waals surface area contributed by atoms with Gasteiger partial charge in [-0.1, -0.05) is 48.5 Å². The zero-order valence-electron chi connectivity index (χ0n) is 25.4. The molecule has 3 aliphatic rings. The van der Waals surface area contributed by atoms with Crippen molar-refractivity contribution in [1.82, 2.24) is 24.9 Å². The van der Waals surface area contributed by atoms with Crippen LogP contribution in [0.15, 0.2) is 77.8 Å². The lowest BCUT2D eigenvalue weighted by Gasteiger charge is -2.42. The molecule has 1 aliphatic carbocycles. The Morgan fingerprint density at radius 3 is 2.39 bits per heavy atom. The fourth-order valence-electron chi connectivity index (χ4n) is 6.67. The maximum absolute atomic E-state index is 7.53. The lowest BCUT2D eigenvalue weighted by atomic mass is 9.81. The second-order valence-corrected chi connectivity index (χ2v) is 12.0. The number of nitrogens with one attached hydrogen (secondary N) is 2. The minimum atomic E-state index is 0.514. The molecule has 2 aromatic heterocycles. The highest BCUT2D eigenvalue weighted by Gasteiger charge is 2.31. The molecule has 9 heteroatoms. The molecule has 1 saturated heterocycles. The van der Waals surface area contributed by atoms with Gasteiger partial charge in [-0.05, 0) is 80.0 Å². The SMILES string of the molecule is CNO.N=CC1CCC(CN2CC(c3ccc(-n4c(C5=CCCN=C5N)nc5ccc(-c6ccccc6)nc54)cc3)C2)CC1. The van der Waals surface area contributed by atoms with Crippen LogP contribution in [-0.4, -0.2) is 69.9 Å². The van der Waals surface area contributed by atoms with Crippen LogP contribution < -0.4 is 11.2 Å². The fourth-order valence-corrected chi connectivity index (χ4v) is 6.67. The maximum Gasteiger partial charge on any atom is 0.165 e. The number of amidine groups is 1. The van der Waals surface area contributed by atoms with Crippen molar-refractivity contribution in [1.29, 1.82) is 5.41 Å². The van der Waals surface area contributed by atoms with Crippen LogP contribution in [0.25, 0.3) is 33.7 Å². The summed E-state index contributed by atoms with van der Waals surface area (Å²) in [6.07, 6.45) is 9.56. The standard InChI is InChI=1S/C34H37N7.CH5NO/c35-19-23-8-10-24(11-9-23)20-40-21-27(22-40)25-12-14-28(15-13-25)41-33(29-7-4-18-37-32(29)36)39-31-17-16-30(38-34(31)41)26-5-2-1-3-6-26;1-2-3/h1-3,5-7,12-17,19,23-24,27,35H,4,8-11,18,20-22H2,(H2,36,37);2-3H,1H3. The molecule has 7 rings (SSSR count). The van der Waals surface area contributed by atoms with Crippen molar-refractivity contribution in [2.45, 2.75) is 38.0 Å². The summed E-state index contributed by atoms with van der Waals surface area (Å²) in [7, 11) is 1.43. The molecule has 2 aliphatic heterocycles. The Balaban J connectivity index is 0.00000110. The molecule has 9 nitrogen and oxygen atoms in total. The molecule has 4 aromatic rings. The summed E-state index contributed by atoms with van der Waals surface area (Å²) in [6, 6.07) is 23.3. The lowest BCUT2D eigenvalue weighted by Crippen LogP contribution is -2.47. The number of hydrogen-bond acceptors (Lipinski definition) is 8. The molecule has 2 fully saturated rings. The van der Waals surface area contributed by atoms with E-state index in [1.807, 2.05) is 24.3 Å². The number of aliphatic imine (C=N–C) groups is 1. The van der Waals surface area contributed by atoms with Crippen LogP contribution in [0.1, 0.15) is 49.4 Å². The normalized spacial score (nSPS) is 20.7. The van der Waals surface area contributed by atoms with Gasteiger partial charge in [0.25, 0.3) is 0 Å². The van der Waals surface area contributed by atoms with Crippen LogP contribution in [-0.2, 0) is 0 Å². The highest BCUT2D eigenvalue weighted by Crippen LogP contribution is 2.34. The van der Waals surface area contributed by atoms with Crippen molar-refractivity contribution >= 4 is 28.8 Å². The summed E-state index contributed by atoms with van der Waals surface area (Å²) >= 11 is 0. The highest BCUT2D eigenvalue weighted by atomic mass is 16.5. The Bertz CT molecular complexity index is 1630. The zero-order valence-corrected chi connectivity index (χ0v) is 25.4. The van der Waals surface area contributed by atoms with Gasteiger partial charge in [-0.2, -0.15) is 0 Å². The van der Waals surface area contributed by atoms with E-state index in [1.54, 1.807) is 11.7 Å². The number of nitrogens with two attached hydrogens (primary N) is 1. The van der Waals surface area contributed by atoms with Crippen molar-refractivity contribution in [2.75, 3.05) is 33.2 Å². The molecule has 5 N–H and O–H groups in total. The topological polar surface area (TPSA) is 128 Å². The molecule has 2 aromatic carbocycles. The number of imidazole rings is 1. The molecule has 0 unspecified atom stereocenters. The smallest absolute Gasteiger partial charge is 0.165 e. The van der Waals surface area contributed by atoms with Gasteiger partial charge >= 0.3 is 0 Å². The van der Waals surface area contributed by atoms with Crippen molar-refractivity contribution in [3.8, 4) is 16.9 Å². The summed E-state index contributed by atoms with van der Waals surface area (Å²) in [6.45, 7) is 4.18. The molecule has 0 bridgehead atoms. The number of benzene rings is 2. The Morgan fingerprint density at radius 1 is 0.977 bits per heavy atom. The van der Waals surface area contributed by atoms with Crippen LogP contribution in [0.4, 0.5) is 0 Å². The van der Waals surface area contributed by atoms with Gasteiger partial charge in [0.15, 0.2) is 5.65 Å². The molecular weight excluding hydrogens is 548 g/mol. The molecule has 0 radical (unpaired) electrons. The third kappa shape index (κ3) is 6.36. The van der Waals surface area contributed by atoms with Gasteiger partial charge in [0.1, 0.15) is 17.2 Å². The van der Waals surface area contributed by atoms with Gasteiger partial charge in [-0.3, -0.25) is 9.56 Å². The maximum atomic E-state index is 7.53. The van der Waals surface area contributed by atoms with Crippen LogP contribution in [0.5, 0.6) is 0 Å². The largest absolute Gasteiger partial charge is 0.383 e. The number of hydrogen-bond donors (Lipinski definition) is 4. The van der Waals surface area contributed by atoms with Crippen molar-refractivity contribution in [3.63, 3.8) is 0 Å². The van der Waals surface area contributed by atoms with E-state index in [2.05, 4.69) is 63.0 Å². The van der Waals surface area contributed by atoms with Gasteiger partial charge in [-0.15, -0.1) is 0 Å². The van der Waals surface area contributed by atoms with E-state index >= 15 is 0 Å². The molecular formula is C35H42N8O. The van der Waals surface area contributed by atoms with E-state index in [0.717, 1.165) is 64.9 Å². The van der Waals surface area contributed by atoms with Gasteiger partial charge in [0, 0.05) is 50.4 Å². The lowest BCUT2D eigenvalue weighted by molar-refractivity contribution is 0.108. The molecule has 44 heavy (non-hydrogen) atoms. The average Bonchev–Trinajstić information content (AvgIpc) is 3.42. The van der Waals surface area contributed by atoms with E-state index in [1.165, 1.54) is 44.8 Å². The molecule has 0 amide bonds. The van der Waals surface area contributed by atoms with E-state index < -0.39 is 0 Å². The summed E-state index contributed by atoms with van der Waals surface area (Å²) in [4.78, 5) is 17.2. The summed E-state index contributed by atoms with van der Waals surface area (Å²) < 4.78 is 2.14.